The standard InChI is InChI=1S/C3H4N2OS/c6-5-7-2-1-4-3-7/h1-3,6H. The highest BCUT2D eigenvalue weighted by Crippen LogP contribution is 1.93. The lowest BCUT2D eigenvalue weighted by Crippen LogP contribution is -1.75. The molecule has 0 aliphatic carbocycles. The fraction of sp³-hybridized carbons (Fsp3) is 0. The zero-order chi connectivity index (χ0) is 5.11. The minimum Gasteiger partial charge on any atom is -0.261 e. The highest BCUT2D eigenvalue weighted by atomic mass is 32.2. The molecule has 1 aliphatic heterocycles. The largest absolute Gasteiger partial charge is 0.261 e. The van der Waals surface area contributed by atoms with Crippen molar-refractivity contribution in [1.29, 1.82) is 0 Å². The molecule has 1 N–H and O–H groups in total. The number of hydrogen-bond acceptors (Lipinski definition) is 2. The average molecular weight is 116 g/mol. The van der Waals surface area contributed by atoms with E-state index in [0.717, 1.165) is 0 Å². The van der Waals surface area contributed by atoms with E-state index in [2.05, 4.69) is 9.52 Å². The van der Waals surface area contributed by atoms with Crippen LogP contribution in [0.5, 0.6) is 0 Å². The Morgan fingerprint density at radius 1 is 1.71 bits per heavy atom. The summed E-state index contributed by atoms with van der Waals surface area (Å²) >= 11 is 0. The van der Waals surface area contributed by atoms with Crippen LogP contribution in [0.1, 0.15) is 0 Å². The fourth-order valence-electron chi connectivity index (χ4n) is 0.278. The van der Waals surface area contributed by atoms with Gasteiger partial charge in [-0.25, -0.2) is 0 Å². The number of rotatable bonds is 0. The van der Waals surface area contributed by atoms with Gasteiger partial charge in [0.15, 0.2) is 0 Å². The topological polar surface area (TPSA) is 45.0 Å². The van der Waals surface area contributed by atoms with Crippen molar-refractivity contribution in [2.75, 3.05) is 0 Å². The van der Waals surface area contributed by atoms with Gasteiger partial charge >= 0.3 is 0 Å². The zero-order valence-corrected chi connectivity index (χ0v) is 4.30. The quantitative estimate of drug-likeness (QED) is 0.465. The summed E-state index contributed by atoms with van der Waals surface area (Å²) in [7, 11) is -0.426. The highest BCUT2D eigenvalue weighted by molar-refractivity contribution is 8.03. The van der Waals surface area contributed by atoms with Crippen molar-refractivity contribution in [2.45, 2.75) is 0 Å². The minimum atomic E-state index is -0.426. The first kappa shape index (κ1) is 4.67. The van der Waals surface area contributed by atoms with E-state index in [1.165, 1.54) is 0 Å². The normalized spacial score (nSPS) is 27.3. The van der Waals surface area contributed by atoms with Gasteiger partial charge in [-0.15, -0.1) is 4.53 Å². The van der Waals surface area contributed by atoms with Crippen LogP contribution in [0.2, 0.25) is 0 Å². The maximum atomic E-state index is 8.06. The van der Waals surface area contributed by atoms with Crippen LogP contribution in [0.25, 0.3) is 0 Å². The average Bonchev–Trinajstić information content (AvgIpc) is 2.14. The van der Waals surface area contributed by atoms with Crippen molar-refractivity contribution in [2.24, 2.45) is 9.52 Å². The molecule has 0 bridgehead atoms. The maximum Gasteiger partial charge on any atom is 0.0773 e. The number of hydrogen-bond donors (Lipinski definition) is 1. The molecule has 1 atom stereocenters. The Morgan fingerprint density at radius 3 is 2.86 bits per heavy atom. The molecule has 4 heteroatoms. The lowest BCUT2D eigenvalue weighted by Gasteiger charge is -1.75. The molecule has 38 valence electrons. The van der Waals surface area contributed by atoms with Crippen LogP contribution in [0.15, 0.2) is 21.1 Å². The van der Waals surface area contributed by atoms with E-state index in [9.17, 15) is 0 Å². The van der Waals surface area contributed by atoms with Crippen molar-refractivity contribution in [3.05, 3.63) is 11.6 Å². The third-order valence-corrected chi connectivity index (χ3v) is 1.48. The first-order valence-electron chi connectivity index (χ1n) is 1.70. The van der Waals surface area contributed by atoms with Gasteiger partial charge in [0.1, 0.15) is 0 Å². The number of aliphatic imine (C=N–C) groups is 1. The lowest BCUT2D eigenvalue weighted by atomic mass is 11.1. The van der Waals surface area contributed by atoms with Gasteiger partial charge in [-0.05, 0) is 10.7 Å². The molecular formula is C3H4N2OS. The molecule has 1 rings (SSSR count). The predicted molar refractivity (Wildman–Crippen MR) is 29.2 cm³/mol. The van der Waals surface area contributed by atoms with E-state index in [4.69, 9.17) is 5.21 Å². The van der Waals surface area contributed by atoms with Gasteiger partial charge in [0.25, 0.3) is 0 Å². The second-order valence-corrected chi connectivity index (χ2v) is 2.31. The summed E-state index contributed by atoms with van der Waals surface area (Å²) in [5, 5.41) is 9.78. The van der Waals surface area contributed by atoms with E-state index in [1.54, 1.807) is 17.2 Å². The van der Waals surface area contributed by atoms with Crippen LogP contribution < -0.4 is 0 Å². The summed E-state index contributed by atoms with van der Waals surface area (Å²) in [5.41, 5.74) is 1.58. The molecule has 0 amide bonds. The van der Waals surface area contributed by atoms with Crippen molar-refractivity contribution in [3.63, 3.8) is 0 Å². The monoisotopic (exact) mass is 116 g/mol. The van der Waals surface area contributed by atoms with E-state index >= 15 is 0 Å². The molecule has 0 saturated carbocycles. The van der Waals surface area contributed by atoms with Gasteiger partial charge in [-0.3, -0.25) is 10.2 Å². The Morgan fingerprint density at radius 2 is 2.57 bits per heavy atom. The van der Waals surface area contributed by atoms with Gasteiger partial charge in [-0.2, -0.15) is 0 Å². The van der Waals surface area contributed by atoms with Crippen molar-refractivity contribution >= 4 is 16.2 Å². The molecular weight excluding hydrogens is 112 g/mol. The third kappa shape index (κ3) is 0.942. The molecule has 0 saturated heterocycles. The SMILES string of the molecule is ON=S1C=CN=C1. The first-order chi connectivity index (χ1) is 3.43. The van der Waals surface area contributed by atoms with E-state index < -0.39 is 10.7 Å². The molecule has 1 aliphatic rings. The highest BCUT2D eigenvalue weighted by Gasteiger charge is 1.87. The Balaban J connectivity index is 2.79. The van der Waals surface area contributed by atoms with Gasteiger partial charge in [0.2, 0.25) is 0 Å². The Labute approximate surface area is 43.4 Å². The van der Waals surface area contributed by atoms with E-state index in [1.807, 2.05) is 0 Å². The predicted octanol–water partition coefficient (Wildman–Crippen LogP) is 0.691. The zero-order valence-electron chi connectivity index (χ0n) is 3.48. The van der Waals surface area contributed by atoms with Crippen LogP contribution in [-0.4, -0.2) is 10.8 Å². The second-order valence-electron chi connectivity index (χ2n) is 0.968. The van der Waals surface area contributed by atoms with Crippen molar-refractivity contribution in [3.8, 4) is 0 Å². The fourth-order valence-corrected chi connectivity index (χ4v) is 0.835. The molecule has 0 aromatic carbocycles. The summed E-state index contributed by atoms with van der Waals surface area (Å²) in [6.45, 7) is 0. The number of nitrogens with zero attached hydrogens (tertiary/aromatic N) is 2. The molecule has 0 spiro atoms. The Hall–Kier alpha value is -0.480. The van der Waals surface area contributed by atoms with Crippen LogP contribution in [0, 0.1) is 0 Å². The molecule has 7 heavy (non-hydrogen) atoms. The summed E-state index contributed by atoms with van der Waals surface area (Å²) in [6.07, 6.45) is 1.61. The molecule has 1 unspecified atom stereocenters. The van der Waals surface area contributed by atoms with Crippen molar-refractivity contribution < 1.29 is 5.21 Å². The van der Waals surface area contributed by atoms with Gasteiger partial charge in [-0.1, -0.05) is 0 Å². The second kappa shape index (κ2) is 1.99. The van der Waals surface area contributed by atoms with Crippen LogP contribution in [0.4, 0.5) is 0 Å². The minimum absolute atomic E-state index is 0.426. The van der Waals surface area contributed by atoms with Gasteiger partial charge < -0.3 is 0 Å². The van der Waals surface area contributed by atoms with Crippen LogP contribution in [-0.2, 0) is 10.7 Å². The van der Waals surface area contributed by atoms with E-state index in [0.29, 0.717) is 0 Å². The van der Waals surface area contributed by atoms with E-state index in [-0.39, 0.29) is 0 Å². The Kier molecular flexibility index (Phi) is 1.33. The summed E-state index contributed by atoms with van der Waals surface area (Å²) < 4.78 is 2.98. The maximum absolute atomic E-state index is 8.06. The summed E-state index contributed by atoms with van der Waals surface area (Å²) in [5.74, 6) is 0. The molecule has 1 heterocycles. The molecule has 0 fully saturated rings. The molecule has 3 nitrogen and oxygen atoms in total. The van der Waals surface area contributed by atoms with Crippen LogP contribution in [0.3, 0.4) is 0 Å². The molecule has 0 radical (unpaired) electrons. The Bertz CT molecular complexity index is 135. The third-order valence-electron chi connectivity index (χ3n) is 0.549. The van der Waals surface area contributed by atoms with Crippen LogP contribution >= 0.6 is 0 Å². The van der Waals surface area contributed by atoms with Crippen molar-refractivity contribution in [1.82, 2.24) is 0 Å². The molecule has 0 aromatic heterocycles. The van der Waals surface area contributed by atoms with Gasteiger partial charge in [0.05, 0.1) is 5.55 Å². The lowest BCUT2D eigenvalue weighted by molar-refractivity contribution is 0.329. The smallest absolute Gasteiger partial charge is 0.0773 e. The van der Waals surface area contributed by atoms with Gasteiger partial charge in [0, 0.05) is 11.6 Å². The summed E-state index contributed by atoms with van der Waals surface area (Å²) in [4.78, 5) is 3.69. The molecule has 0 aromatic rings. The summed E-state index contributed by atoms with van der Waals surface area (Å²) in [6, 6.07) is 0. The first-order valence-corrected chi connectivity index (χ1v) is 3.01.